The van der Waals surface area contributed by atoms with Gasteiger partial charge in [0.25, 0.3) is 10.0 Å². The third-order valence-corrected chi connectivity index (χ3v) is 4.72. The van der Waals surface area contributed by atoms with E-state index >= 15 is 0 Å². The van der Waals surface area contributed by atoms with Crippen molar-refractivity contribution in [3.8, 4) is 0 Å². The molecule has 0 atom stereocenters. The summed E-state index contributed by atoms with van der Waals surface area (Å²) in [5.41, 5.74) is 0.729. The molecule has 1 aromatic carbocycles. The van der Waals surface area contributed by atoms with E-state index in [1.165, 1.54) is 37.5 Å². The minimum atomic E-state index is -3.80. The standard InChI is InChI=1S/C11H11ClFN3O2S/c1-16(10-4-2-9(13)3-5-10)19(17,18)11-8(6-12)7-14-15-11/h2-5,7H,6H2,1H3,(H,14,15). The number of hydrogen-bond acceptors (Lipinski definition) is 3. The average molecular weight is 304 g/mol. The highest BCUT2D eigenvalue weighted by Crippen LogP contribution is 2.23. The van der Waals surface area contributed by atoms with Crippen molar-refractivity contribution < 1.29 is 12.8 Å². The van der Waals surface area contributed by atoms with Crippen molar-refractivity contribution in [2.75, 3.05) is 11.4 Å². The number of benzene rings is 1. The van der Waals surface area contributed by atoms with Crippen LogP contribution in [0.3, 0.4) is 0 Å². The maximum atomic E-state index is 12.8. The summed E-state index contributed by atoms with van der Waals surface area (Å²) >= 11 is 5.66. The van der Waals surface area contributed by atoms with Gasteiger partial charge in [0.1, 0.15) is 5.82 Å². The zero-order valence-corrected chi connectivity index (χ0v) is 11.5. The minimum absolute atomic E-state index is 0.0301. The Morgan fingerprint density at radius 2 is 2.00 bits per heavy atom. The molecule has 0 aliphatic heterocycles. The van der Waals surface area contributed by atoms with Gasteiger partial charge >= 0.3 is 0 Å². The molecule has 1 aromatic heterocycles. The zero-order chi connectivity index (χ0) is 14.0. The summed E-state index contributed by atoms with van der Waals surface area (Å²) in [6, 6.07) is 5.14. The van der Waals surface area contributed by atoms with Gasteiger partial charge in [-0.3, -0.25) is 9.40 Å². The van der Waals surface area contributed by atoms with E-state index in [1.807, 2.05) is 0 Å². The monoisotopic (exact) mass is 303 g/mol. The van der Waals surface area contributed by atoms with Crippen LogP contribution < -0.4 is 4.31 Å². The SMILES string of the molecule is CN(c1ccc(F)cc1)S(=O)(=O)c1[nH]ncc1CCl. The number of nitrogens with zero attached hydrogens (tertiary/aromatic N) is 2. The number of rotatable bonds is 4. The molecule has 2 aromatic rings. The Bertz CT molecular complexity index is 670. The first kappa shape index (κ1) is 13.8. The Labute approximate surface area is 115 Å². The predicted octanol–water partition coefficient (Wildman–Crippen LogP) is 2.11. The molecule has 5 nitrogen and oxygen atoms in total. The van der Waals surface area contributed by atoms with Gasteiger partial charge in [0.05, 0.1) is 17.8 Å². The summed E-state index contributed by atoms with van der Waals surface area (Å²) in [6.45, 7) is 0. The van der Waals surface area contributed by atoms with Crippen LogP contribution in [0.25, 0.3) is 0 Å². The van der Waals surface area contributed by atoms with Crippen molar-refractivity contribution in [3.63, 3.8) is 0 Å². The van der Waals surface area contributed by atoms with Crippen molar-refractivity contribution in [2.24, 2.45) is 0 Å². The van der Waals surface area contributed by atoms with Gasteiger partial charge in [-0.2, -0.15) is 13.5 Å². The van der Waals surface area contributed by atoms with Crippen molar-refractivity contribution >= 4 is 27.3 Å². The van der Waals surface area contributed by atoms with Crippen LogP contribution in [0.15, 0.2) is 35.5 Å². The van der Waals surface area contributed by atoms with Crippen molar-refractivity contribution in [1.82, 2.24) is 10.2 Å². The smallest absolute Gasteiger partial charge is 0.268 e. The van der Waals surface area contributed by atoms with Crippen LogP contribution >= 0.6 is 11.6 Å². The summed E-state index contributed by atoms with van der Waals surface area (Å²) in [5.74, 6) is -0.403. The number of hydrogen-bond donors (Lipinski definition) is 1. The zero-order valence-electron chi connectivity index (χ0n) is 9.97. The largest absolute Gasteiger partial charge is 0.281 e. The summed E-state index contributed by atoms with van der Waals surface area (Å²) in [6.07, 6.45) is 1.36. The van der Waals surface area contributed by atoms with Crippen LogP contribution in [0.4, 0.5) is 10.1 Å². The van der Waals surface area contributed by atoms with Crippen LogP contribution in [0.5, 0.6) is 0 Å². The molecule has 8 heteroatoms. The minimum Gasteiger partial charge on any atom is -0.268 e. The van der Waals surface area contributed by atoms with Gasteiger partial charge in [-0.05, 0) is 24.3 Å². The first-order chi connectivity index (χ1) is 8.96. The second kappa shape index (κ2) is 5.18. The molecule has 0 aliphatic rings. The van der Waals surface area contributed by atoms with Crippen molar-refractivity contribution in [1.29, 1.82) is 0 Å². The molecule has 0 bridgehead atoms. The van der Waals surface area contributed by atoms with Gasteiger partial charge in [0.15, 0.2) is 5.03 Å². The average Bonchev–Trinajstić information content (AvgIpc) is 2.87. The number of H-pyrrole nitrogens is 1. The lowest BCUT2D eigenvalue weighted by molar-refractivity contribution is 0.589. The molecule has 2 rings (SSSR count). The summed E-state index contributed by atoms with van der Waals surface area (Å²) < 4.78 is 38.6. The van der Waals surface area contributed by atoms with Crippen molar-refractivity contribution in [3.05, 3.63) is 41.8 Å². The number of aromatic nitrogens is 2. The van der Waals surface area contributed by atoms with E-state index in [1.54, 1.807) is 0 Å². The summed E-state index contributed by atoms with van der Waals surface area (Å²) in [4.78, 5) is 0. The number of halogens is 2. The number of aromatic amines is 1. The van der Waals surface area contributed by atoms with Crippen LogP contribution in [-0.4, -0.2) is 25.7 Å². The number of nitrogens with one attached hydrogen (secondary N) is 1. The Morgan fingerprint density at radius 1 is 1.37 bits per heavy atom. The number of sulfonamides is 1. The highest BCUT2D eigenvalue weighted by molar-refractivity contribution is 7.92. The van der Waals surface area contributed by atoms with E-state index in [0.717, 1.165) is 4.31 Å². The maximum Gasteiger partial charge on any atom is 0.281 e. The molecule has 102 valence electrons. The summed E-state index contributed by atoms with van der Waals surface area (Å²) in [5, 5.41) is 6.03. The molecule has 1 heterocycles. The Hall–Kier alpha value is -1.60. The molecular weight excluding hydrogens is 293 g/mol. The third-order valence-electron chi connectivity index (χ3n) is 2.63. The Kier molecular flexibility index (Phi) is 3.77. The van der Waals surface area contributed by atoms with E-state index in [0.29, 0.717) is 11.3 Å². The van der Waals surface area contributed by atoms with E-state index in [9.17, 15) is 12.8 Å². The molecule has 19 heavy (non-hydrogen) atoms. The first-order valence-electron chi connectivity index (χ1n) is 5.29. The molecule has 0 fully saturated rings. The van der Waals surface area contributed by atoms with Crippen LogP contribution in [0.1, 0.15) is 5.56 Å². The van der Waals surface area contributed by atoms with Crippen LogP contribution in [-0.2, 0) is 15.9 Å². The van der Waals surface area contributed by atoms with Gasteiger partial charge in [-0.25, -0.2) is 4.39 Å². The predicted molar refractivity (Wildman–Crippen MR) is 70.1 cm³/mol. The normalized spacial score (nSPS) is 11.5. The quantitative estimate of drug-likeness (QED) is 0.880. The molecule has 0 saturated heterocycles. The Balaban J connectivity index is 2.42. The summed E-state index contributed by atoms with van der Waals surface area (Å²) in [7, 11) is -2.42. The molecule has 0 unspecified atom stereocenters. The molecular formula is C11H11ClFN3O2S. The van der Waals surface area contributed by atoms with E-state index in [2.05, 4.69) is 10.2 Å². The lowest BCUT2D eigenvalue weighted by Gasteiger charge is -2.18. The molecule has 0 aliphatic carbocycles. The van der Waals surface area contributed by atoms with Crippen LogP contribution in [0, 0.1) is 5.82 Å². The fraction of sp³-hybridized carbons (Fsp3) is 0.182. The van der Waals surface area contributed by atoms with Crippen molar-refractivity contribution in [2.45, 2.75) is 10.9 Å². The molecule has 0 radical (unpaired) electrons. The fourth-order valence-electron chi connectivity index (χ4n) is 1.54. The van der Waals surface area contributed by atoms with Crippen LogP contribution in [0.2, 0.25) is 0 Å². The maximum absolute atomic E-state index is 12.8. The highest BCUT2D eigenvalue weighted by atomic mass is 35.5. The third kappa shape index (κ3) is 2.57. The molecule has 1 N–H and O–H groups in total. The van der Waals surface area contributed by atoms with E-state index in [-0.39, 0.29) is 10.9 Å². The second-order valence-corrected chi connectivity index (χ2v) is 5.98. The van der Waals surface area contributed by atoms with E-state index in [4.69, 9.17) is 11.6 Å². The number of alkyl halides is 1. The second-order valence-electron chi connectivity index (χ2n) is 3.81. The lowest BCUT2D eigenvalue weighted by atomic mass is 10.3. The highest BCUT2D eigenvalue weighted by Gasteiger charge is 2.26. The molecule has 0 amide bonds. The first-order valence-corrected chi connectivity index (χ1v) is 7.27. The Morgan fingerprint density at radius 3 is 2.58 bits per heavy atom. The number of anilines is 1. The molecule has 0 spiro atoms. The fourth-order valence-corrected chi connectivity index (χ4v) is 3.12. The van der Waals surface area contributed by atoms with Gasteiger partial charge in [0, 0.05) is 12.6 Å². The van der Waals surface area contributed by atoms with Gasteiger partial charge < -0.3 is 0 Å². The van der Waals surface area contributed by atoms with Gasteiger partial charge in [-0.1, -0.05) is 0 Å². The topological polar surface area (TPSA) is 66.1 Å². The molecule has 0 saturated carbocycles. The lowest BCUT2D eigenvalue weighted by Crippen LogP contribution is -2.27. The van der Waals surface area contributed by atoms with Gasteiger partial charge in [0.2, 0.25) is 0 Å². The van der Waals surface area contributed by atoms with E-state index < -0.39 is 15.8 Å². The van der Waals surface area contributed by atoms with Gasteiger partial charge in [-0.15, -0.1) is 11.6 Å².